The zero-order chi connectivity index (χ0) is 13.5. The fourth-order valence-corrected chi connectivity index (χ4v) is 3.28. The van der Waals surface area contributed by atoms with Gasteiger partial charge in [-0.3, -0.25) is 0 Å². The van der Waals surface area contributed by atoms with Crippen LogP contribution in [0, 0.1) is 11.3 Å². The number of ether oxygens (including phenoxy) is 1. The molecule has 2 nitrogen and oxygen atoms in total. The minimum atomic E-state index is 0.596. The standard InChI is InChI=1S/C17H25NO/c1-17(2)10-13(17)11-18-14-8-12(9-14)15-6-4-5-7-16(15)19-3/h4-7,12-14,18H,8-11H2,1-3H3. The molecule has 0 spiro atoms. The molecule has 2 fully saturated rings. The van der Waals surface area contributed by atoms with Crippen molar-refractivity contribution in [2.24, 2.45) is 11.3 Å². The molecule has 0 bridgehead atoms. The molecular weight excluding hydrogens is 234 g/mol. The summed E-state index contributed by atoms with van der Waals surface area (Å²) in [6.45, 7) is 5.95. The predicted molar refractivity (Wildman–Crippen MR) is 78.6 cm³/mol. The van der Waals surface area contributed by atoms with Crippen LogP contribution in [0.4, 0.5) is 0 Å². The second-order valence-electron chi connectivity index (χ2n) is 6.91. The quantitative estimate of drug-likeness (QED) is 0.872. The Labute approximate surface area is 116 Å². The highest BCUT2D eigenvalue weighted by Crippen LogP contribution is 2.51. The molecule has 1 unspecified atom stereocenters. The Morgan fingerprint density at radius 2 is 1.95 bits per heavy atom. The number of benzene rings is 1. The summed E-state index contributed by atoms with van der Waals surface area (Å²) < 4.78 is 5.45. The number of nitrogens with one attached hydrogen (secondary N) is 1. The molecule has 1 atom stereocenters. The van der Waals surface area contributed by atoms with Crippen molar-refractivity contribution in [3.05, 3.63) is 29.8 Å². The van der Waals surface area contributed by atoms with Crippen LogP contribution in [0.25, 0.3) is 0 Å². The summed E-state index contributed by atoms with van der Waals surface area (Å²) in [5.41, 5.74) is 1.98. The van der Waals surface area contributed by atoms with Crippen molar-refractivity contribution in [1.29, 1.82) is 0 Å². The summed E-state index contributed by atoms with van der Waals surface area (Å²) in [4.78, 5) is 0. The van der Waals surface area contributed by atoms with E-state index >= 15 is 0 Å². The molecule has 2 saturated carbocycles. The van der Waals surface area contributed by atoms with E-state index in [2.05, 4.69) is 37.4 Å². The van der Waals surface area contributed by atoms with Crippen molar-refractivity contribution in [1.82, 2.24) is 5.32 Å². The number of hydrogen-bond donors (Lipinski definition) is 1. The Morgan fingerprint density at radius 1 is 1.26 bits per heavy atom. The van der Waals surface area contributed by atoms with Gasteiger partial charge in [-0.25, -0.2) is 0 Å². The van der Waals surface area contributed by atoms with Crippen molar-refractivity contribution in [3.8, 4) is 5.75 Å². The van der Waals surface area contributed by atoms with E-state index in [9.17, 15) is 0 Å². The van der Waals surface area contributed by atoms with Gasteiger partial charge in [0.1, 0.15) is 5.75 Å². The first-order valence-corrected chi connectivity index (χ1v) is 7.46. The van der Waals surface area contributed by atoms with Gasteiger partial charge in [0.2, 0.25) is 0 Å². The largest absolute Gasteiger partial charge is 0.496 e. The molecule has 1 N–H and O–H groups in total. The van der Waals surface area contributed by atoms with Crippen molar-refractivity contribution in [3.63, 3.8) is 0 Å². The van der Waals surface area contributed by atoms with Crippen LogP contribution in [0.1, 0.15) is 44.6 Å². The molecule has 0 amide bonds. The van der Waals surface area contributed by atoms with Crippen LogP contribution in [0.5, 0.6) is 5.75 Å². The zero-order valence-electron chi connectivity index (χ0n) is 12.3. The van der Waals surface area contributed by atoms with Crippen LogP contribution in [0.15, 0.2) is 24.3 Å². The molecule has 0 heterocycles. The smallest absolute Gasteiger partial charge is 0.122 e. The van der Waals surface area contributed by atoms with E-state index in [1.54, 1.807) is 7.11 Å². The molecule has 0 aliphatic heterocycles. The minimum absolute atomic E-state index is 0.596. The highest BCUT2D eigenvalue weighted by Gasteiger charge is 2.45. The van der Waals surface area contributed by atoms with E-state index in [-0.39, 0.29) is 0 Å². The molecule has 2 aliphatic carbocycles. The second kappa shape index (κ2) is 4.82. The van der Waals surface area contributed by atoms with E-state index in [1.807, 2.05) is 6.07 Å². The molecule has 0 radical (unpaired) electrons. The Hall–Kier alpha value is -1.02. The molecule has 19 heavy (non-hydrogen) atoms. The van der Waals surface area contributed by atoms with Crippen LogP contribution in [0.3, 0.4) is 0 Å². The second-order valence-corrected chi connectivity index (χ2v) is 6.91. The van der Waals surface area contributed by atoms with E-state index < -0.39 is 0 Å². The Bertz CT molecular complexity index is 448. The van der Waals surface area contributed by atoms with Gasteiger partial charge in [0.15, 0.2) is 0 Å². The van der Waals surface area contributed by atoms with Crippen LogP contribution in [-0.4, -0.2) is 19.7 Å². The summed E-state index contributed by atoms with van der Waals surface area (Å²) in [7, 11) is 1.77. The van der Waals surface area contributed by atoms with Crippen LogP contribution in [-0.2, 0) is 0 Å². The monoisotopic (exact) mass is 259 g/mol. The van der Waals surface area contributed by atoms with Crippen LogP contribution < -0.4 is 10.1 Å². The van der Waals surface area contributed by atoms with Crippen molar-refractivity contribution >= 4 is 0 Å². The normalized spacial score (nSPS) is 31.6. The van der Waals surface area contributed by atoms with Gasteiger partial charge in [0.25, 0.3) is 0 Å². The lowest BCUT2D eigenvalue weighted by Crippen LogP contribution is -2.41. The highest BCUT2D eigenvalue weighted by molar-refractivity contribution is 5.37. The SMILES string of the molecule is COc1ccccc1C1CC(NCC2CC2(C)C)C1. The fourth-order valence-electron chi connectivity index (χ4n) is 3.28. The minimum Gasteiger partial charge on any atom is -0.496 e. The average molecular weight is 259 g/mol. The van der Waals surface area contributed by atoms with Gasteiger partial charge < -0.3 is 10.1 Å². The Balaban J connectivity index is 1.47. The summed E-state index contributed by atoms with van der Waals surface area (Å²) >= 11 is 0. The number of hydrogen-bond acceptors (Lipinski definition) is 2. The van der Waals surface area contributed by atoms with Gasteiger partial charge in [0, 0.05) is 6.04 Å². The first-order valence-electron chi connectivity index (χ1n) is 7.46. The molecule has 0 aromatic heterocycles. The lowest BCUT2D eigenvalue weighted by atomic mass is 9.75. The summed E-state index contributed by atoms with van der Waals surface area (Å²) in [6, 6.07) is 9.16. The third kappa shape index (κ3) is 2.64. The van der Waals surface area contributed by atoms with Gasteiger partial charge in [0.05, 0.1) is 7.11 Å². The number of rotatable bonds is 5. The highest BCUT2D eigenvalue weighted by atomic mass is 16.5. The third-order valence-electron chi connectivity index (χ3n) is 5.09. The first kappa shape index (κ1) is 13.0. The first-order chi connectivity index (χ1) is 9.10. The van der Waals surface area contributed by atoms with Gasteiger partial charge in [-0.05, 0) is 54.7 Å². The van der Waals surface area contributed by atoms with Crippen molar-refractivity contribution in [2.75, 3.05) is 13.7 Å². The molecule has 0 saturated heterocycles. The molecule has 2 heteroatoms. The topological polar surface area (TPSA) is 21.3 Å². The maximum absolute atomic E-state index is 5.45. The van der Waals surface area contributed by atoms with Crippen molar-refractivity contribution in [2.45, 2.75) is 45.1 Å². The molecule has 1 aromatic carbocycles. The molecule has 104 valence electrons. The maximum Gasteiger partial charge on any atom is 0.122 e. The molecular formula is C17H25NO. The Morgan fingerprint density at radius 3 is 2.58 bits per heavy atom. The maximum atomic E-state index is 5.45. The third-order valence-corrected chi connectivity index (χ3v) is 5.09. The fraction of sp³-hybridized carbons (Fsp3) is 0.647. The van der Waals surface area contributed by atoms with Gasteiger partial charge in [-0.1, -0.05) is 32.0 Å². The van der Waals surface area contributed by atoms with E-state index in [0.29, 0.717) is 17.4 Å². The van der Waals surface area contributed by atoms with E-state index in [0.717, 1.165) is 11.7 Å². The molecule has 2 aliphatic rings. The summed E-state index contributed by atoms with van der Waals surface area (Å²) in [5, 5.41) is 3.73. The van der Waals surface area contributed by atoms with Gasteiger partial charge >= 0.3 is 0 Å². The van der Waals surface area contributed by atoms with E-state index in [1.165, 1.54) is 31.4 Å². The Kier molecular flexibility index (Phi) is 3.30. The van der Waals surface area contributed by atoms with Crippen molar-refractivity contribution < 1.29 is 4.74 Å². The molecule has 1 aromatic rings. The summed E-state index contributed by atoms with van der Waals surface area (Å²) in [5.74, 6) is 2.63. The van der Waals surface area contributed by atoms with Gasteiger partial charge in [-0.15, -0.1) is 0 Å². The number of para-hydroxylation sites is 1. The van der Waals surface area contributed by atoms with E-state index in [4.69, 9.17) is 4.74 Å². The van der Waals surface area contributed by atoms with Crippen LogP contribution in [0.2, 0.25) is 0 Å². The molecule has 3 rings (SSSR count). The predicted octanol–water partition coefficient (Wildman–Crippen LogP) is 3.58. The number of methoxy groups -OCH3 is 1. The lowest BCUT2D eigenvalue weighted by molar-refractivity contribution is 0.277. The summed E-state index contributed by atoms with van der Waals surface area (Å²) in [6.07, 6.45) is 3.91. The van der Waals surface area contributed by atoms with Gasteiger partial charge in [-0.2, -0.15) is 0 Å². The van der Waals surface area contributed by atoms with Crippen LogP contribution >= 0.6 is 0 Å². The lowest BCUT2D eigenvalue weighted by Gasteiger charge is -2.37. The zero-order valence-corrected chi connectivity index (χ0v) is 12.3. The average Bonchev–Trinajstić information content (AvgIpc) is 2.95.